The van der Waals surface area contributed by atoms with Gasteiger partial charge in [0.2, 0.25) is 5.91 Å². The maximum absolute atomic E-state index is 11.9. The van der Waals surface area contributed by atoms with E-state index in [-0.39, 0.29) is 18.4 Å². The van der Waals surface area contributed by atoms with Gasteiger partial charge in [0.25, 0.3) is 0 Å². The minimum absolute atomic E-state index is 0.166. The van der Waals surface area contributed by atoms with Crippen LogP contribution in [0.15, 0.2) is 0 Å². The Morgan fingerprint density at radius 2 is 2.00 bits per heavy atom. The Hall–Kier alpha value is -0.880. The van der Waals surface area contributed by atoms with Crippen LogP contribution < -0.4 is 5.32 Å². The lowest BCUT2D eigenvalue weighted by Crippen LogP contribution is -2.59. The Balaban J connectivity index is 2.04. The molecule has 3 N–H and O–H groups in total. The standard InChI is InChI=1S/C14H25N2O5P/c1-8-7-16(14(20)15-12(8)19)13-11(18)10(17)9(21-13)5-6-22(2,3)4/h8-11,13,17-18H,2,5-7H2,1,3-4H3,(H,15,19,20)/t8?,9-,10-,11-,13?/m1/s1. The molecule has 0 aromatic heterocycles. The Bertz CT molecular complexity index is 505. The Morgan fingerprint density at radius 3 is 2.59 bits per heavy atom. The Kier molecular flexibility index (Phi) is 5.02. The first-order valence-corrected chi connectivity index (χ1v) is 10.5. The third-order valence-electron chi connectivity index (χ3n) is 4.07. The zero-order valence-corrected chi connectivity index (χ0v) is 14.1. The fourth-order valence-electron chi connectivity index (χ4n) is 2.68. The molecule has 0 radical (unpaired) electrons. The highest BCUT2D eigenvalue weighted by molar-refractivity contribution is 7.72. The minimum atomic E-state index is -1.26. The average Bonchev–Trinajstić information content (AvgIpc) is 2.68. The third-order valence-corrected chi connectivity index (χ3v) is 5.54. The van der Waals surface area contributed by atoms with Gasteiger partial charge in [-0.15, -0.1) is 13.2 Å². The zero-order valence-electron chi connectivity index (χ0n) is 13.2. The summed E-state index contributed by atoms with van der Waals surface area (Å²) in [5, 5.41) is 22.6. The predicted octanol–water partition coefficient (Wildman–Crippen LogP) is -0.280. The average molecular weight is 332 g/mol. The summed E-state index contributed by atoms with van der Waals surface area (Å²) in [6.45, 7) is 4.79. The lowest BCUT2D eigenvalue weighted by molar-refractivity contribution is -0.130. The van der Waals surface area contributed by atoms with Crippen molar-refractivity contribution in [1.29, 1.82) is 0 Å². The highest BCUT2D eigenvalue weighted by Gasteiger charge is 2.48. The monoisotopic (exact) mass is 332 g/mol. The molecule has 5 atom stereocenters. The van der Waals surface area contributed by atoms with Gasteiger partial charge in [-0.05, 0) is 25.9 Å². The molecule has 22 heavy (non-hydrogen) atoms. The van der Waals surface area contributed by atoms with Crippen LogP contribution in [-0.4, -0.2) is 83.9 Å². The van der Waals surface area contributed by atoms with Crippen LogP contribution in [0.1, 0.15) is 13.3 Å². The molecule has 126 valence electrons. The van der Waals surface area contributed by atoms with Crippen LogP contribution in [0, 0.1) is 5.92 Å². The van der Waals surface area contributed by atoms with Crippen LogP contribution in [0.3, 0.4) is 0 Å². The summed E-state index contributed by atoms with van der Waals surface area (Å²) < 4.78 is 5.72. The van der Waals surface area contributed by atoms with Crippen molar-refractivity contribution in [1.82, 2.24) is 10.2 Å². The van der Waals surface area contributed by atoms with E-state index >= 15 is 0 Å². The maximum atomic E-state index is 11.9. The van der Waals surface area contributed by atoms with E-state index in [2.05, 4.69) is 24.9 Å². The maximum Gasteiger partial charge on any atom is 0.326 e. The zero-order chi connectivity index (χ0) is 16.7. The molecule has 3 amide bonds. The number of carbonyl (C=O) groups excluding carboxylic acids is 2. The second kappa shape index (κ2) is 6.32. The SMILES string of the molecule is C=P(C)(C)CC[C@H]1OC(N2CC(C)C(=O)NC2=O)[C@H](O)[C@@H]1O. The van der Waals surface area contributed by atoms with E-state index in [1.807, 2.05) is 0 Å². The molecule has 2 rings (SSSR count). The highest BCUT2D eigenvalue weighted by Crippen LogP contribution is 2.38. The second-order valence-corrected chi connectivity index (χ2v) is 11.2. The first-order chi connectivity index (χ1) is 10.1. The largest absolute Gasteiger partial charge is 0.388 e. The van der Waals surface area contributed by atoms with Gasteiger partial charge in [-0.25, -0.2) is 4.79 Å². The molecule has 0 aliphatic carbocycles. The van der Waals surface area contributed by atoms with Crippen LogP contribution in [0.5, 0.6) is 0 Å². The minimum Gasteiger partial charge on any atom is -0.388 e. The van der Waals surface area contributed by atoms with Crippen molar-refractivity contribution in [3.63, 3.8) is 0 Å². The van der Waals surface area contributed by atoms with Crippen molar-refractivity contribution in [2.75, 3.05) is 26.0 Å². The molecular formula is C14H25N2O5P. The molecule has 7 nitrogen and oxygen atoms in total. The van der Waals surface area contributed by atoms with E-state index in [1.54, 1.807) is 6.92 Å². The normalized spacial score (nSPS) is 36.6. The molecule has 0 aromatic rings. The van der Waals surface area contributed by atoms with Crippen molar-refractivity contribution >= 4 is 25.1 Å². The summed E-state index contributed by atoms with van der Waals surface area (Å²) >= 11 is 0. The van der Waals surface area contributed by atoms with Gasteiger partial charge in [0, 0.05) is 6.54 Å². The van der Waals surface area contributed by atoms with Crippen LogP contribution in [0.25, 0.3) is 0 Å². The number of amides is 3. The summed E-state index contributed by atoms with van der Waals surface area (Å²) in [6, 6.07) is -0.593. The molecule has 2 aliphatic rings. The number of hydrogen-bond acceptors (Lipinski definition) is 5. The molecular weight excluding hydrogens is 307 g/mol. The fourth-order valence-corrected chi connectivity index (χ4v) is 3.64. The van der Waals surface area contributed by atoms with Crippen molar-refractivity contribution in [2.45, 2.75) is 37.9 Å². The van der Waals surface area contributed by atoms with Crippen LogP contribution >= 0.6 is 6.89 Å². The van der Waals surface area contributed by atoms with Crippen LogP contribution in [0.2, 0.25) is 0 Å². The Labute approximate surface area is 130 Å². The molecule has 0 saturated carbocycles. The summed E-state index contributed by atoms with van der Waals surface area (Å²) in [4.78, 5) is 24.7. The van der Waals surface area contributed by atoms with Gasteiger partial charge in [-0.2, -0.15) is 0 Å². The first-order valence-electron chi connectivity index (χ1n) is 7.40. The summed E-state index contributed by atoms with van der Waals surface area (Å²) in [5.41, 5.74) is 0. The number of nitrogens with zero attached hydrogens (tertiary/aromatic N) is 1. The van der Waals surface area contributed by atoms with Crippen LogP contribution in [0.4, 0.5) is 4.79 Å². The number of rotatable bonds is 4. The van der Waals surface area contributed by atoms with Crippen LogP contribution in [-0.2, 0) is 9.53 Å². The van der Waals surface area contributed by atoms with Crippen molar-refractivity contribution < 1.29 is 24.5 Å². The van der Waals surface area contributed by atoms with Crippen molar-refractivity contribution in [3.8, 4) is 0 Å². The summed E-state index contributed by atoms with van der Waals surface area (Å²) in [7, 11) is 0. The van der Waals surface area contributed by atoms with Gasteiger partial charge in [0.15, 0.2) is 6.23 Å². The lowest BCUT2D eigenvalue weighted by atomic mass is 10.1. The molecule has 0 aromatic carbocycles. The summed E-state index contributed by atoms with van der Waals surface area (Å²) in [6.07, 6.45) is 1.85. The van der Waals surface area contributed by atoms with Gasteiger partial charge in [-0.1, -0.05) is 6.92 Å². The predicted molar refractivity (Wildman–Crippen MR) is 85.5 cm³/mol. The fraction of sp³-hybridized carbons (Fsp3) is 0.786. The molecule has 2 saturated heterocycles. The molecule has 8 heteroatoms. The number of carbonyl (C=O) groups is 2. The van der Waals surface area contributed by atoms with E-state index < -0.39 is 37.5 Å². The molecule has 0 spiro atoms. The molecule has 2 aliphatic heterocycles. The van der Waals surface area contributed by atoms with Gasteiger partial charge in [-0.3, -0.25) is 15.0 Å². The summed E-state index contributed by atoms with van der Waals surface area (Å²) in [5.74, 6) is -0.719. The lowest BCUT2D eigenvalue weighted by Gasteiger charge is -2.35. The number of aliphatic hydroxyl groups is 2. The van der Waals surface area contributed by atoms with Gasteiger partial charge < -0.3 is 14.9 Å². The van der Waals surface area contributed by atoms with Crippen molar-refractivity contribution in [3.05, 3.63) is 0 Å². The molecule has 2 heterocycles. The van der Waals surface area contributed by atoms with Crippen molar-refractivity contribution in [2.24, 2.45) is 5.92 Å². The van der Waals surface area contributed by atoms with E-state index in [0.717, 1.165) is 6.16 Å². The number of ether oxygens (including phenoxy) is 1. The number of urea groups is 1. The van der Waals surface area contributed by atoms with E-state index in [9.17, 15) is 19.8 Å². The smallest absolute Gasteiger partial charge is 0.326 e. The molecule has 0 bridgehead atoms. The van der Waals surface area contributed by atoms with Gasteiger partial charge >= 0.3 is 6.03 Å². The first kappa shape index (κ1) is 17.5. The molecule has 2 fully saturated rings. The van der Waals surface area contributed by atoms with Gasteiger partial charge in [0.1, 0.15) is 12.2 Å². The second-order valence-electron chi connectivity index (χ2n) is 6.84. The van der Waals surface area contributed by atoms with E-state index in [0.29, 0.717) is 6.42 Å². The number of nitrogens with one attached hydrogen (secondary N) is 1. The van der Waals surface area contributed by atoms with E-state index in [4.69, 9.17) is 4.74 Å². The molecule has 2 unspecified atom stereocenters. The highest BCUT2D eigenvalue weighted by atomic mass is 31.2. The number of hydrogen-bond donors (Lipinski definition) is 3. The van der Waals surface area contributed by atoms with E-state index in [1.165, 1.54) is 4.90 Å². The topological polar surface area (TPSA) is 99.1 Å². The quantitative estimate of drug-likeness (QED) is 0.615. The number of aliphatic hydroxyl groups excluding tert-OH is 2. The van der Waals surface area contributed by atoms with Gasteiger partial charge in [0.05, 0.1) is 12.0 Å². The number of imide groups is 1. The third kappa shape index (κ3) is 3.71. The Morgan fingerprint density at radius 1 is 1.36 bits per heavy atom.